The van der Waals surface area contributed by atoms with Gasteiger partial charge in [0.25, 0.3) is 0 Å². The lowest BCUT2D eigenvalue weighted by molar-refractivity contribution is -0.120. The molecule has 2 fully saturated rings. The number of rotatable bonds is 15. The number of nitrogens with one attached hydrogen (secondary N) is 2. The Kier molecular flexibility index (Phi) is 11.7. The number of aliphatic hydroxyl groups is 1. The molecular formula is C37H44N4O9S. The van der Waals surface area contributed by atoms with Crippen molar-refractivity contribution in [3.8, 4) is 0 Å². The van der Waals surface area contributed by atoms with Crippen molar-refractivity contribution in [1.29, 1.82) is 0 Å². The highest BCUT2D eigenvalue weighted by Crippen LogP contribution is 2.33. The van der Waals surface area contributed by atoms with Gasteiger partial charge in [-0.1, -0.05) is 50.2 Å². The monoisotopic (exact) mass is 720 g/mol. The zero-order valence-electron chi connectivity index (χ0n) is 28.6. The second-order valence-electron chi connectivity index (χ2n) is 13.4. The van der Waals surface area contributed by atoms with Gasteiger partial charge in [0, 0.05) is 43.0 Å². The summed E-state index contributed by atoms with van der Waals surface area (Å²) in [5, 5.41) is 17.9. The van der Waals surface area contributed by atoms with E-state index < -0.39 is 40.7 Å². The molecule has 5 atom stereocenters. The average Bonchev–Trinajstić information content (AvgIpc) is 3.85. The molecule has 2 aromatic carbocycles. The number of hydrogen-bond donors (Lipinski definition) is 3. The number of benzene rings is 2. The standard InChI is InChI=1S/C37H44N4O9S/c1-24(2)20-41(21-32(42)31(15-25-7-4-3-5-8-25)40-37(44)50-34-23-49-36-29(34)12-14-47-36)51(45,46)28-10-11-33-30(17-28)27(22-48-33)19-39-35(43)16-26-9-6-13-38-18-26/h3-11,13,17-18,22,24,29,31-32,34,36,42H,12,14-16,19-21,23H2,1-2H3,(H,39,43)(H,40,44)/t29-,31-,32+,34?,36+/m0/s1. The van der Waals surface area contributed by atoms with Crippen LogP contribution in [0, 0.1) is 11.8 Å². The second-order valence-corrected chi connectivity index (χ2v) is 15.4. The van der Waals surface area contributed by atoms with E-state index in [4.69, 9.17) is 18.6 Å². The van der Waals surface area contributed by atoms with Crippen molar-refractivity contribution in [1.82, 2.24) is 19.9 Å². The Hall–Kier alpha value is -4.34. The largest absolute Gasteiger partial charge is 0.464 e. The van der Waals surface area contributed by atoms with Crippen molar-refractivity contribution in [2.75, 3.05) is 26.3 Å². The number of carbonyl (C=O) groups is 2. The van der Waals surface area contributed by atoms with E-state index in [-0.39, 0.29) is 61.7 Å². The number of pyridine rings is 1. The van der Waals surface area contributed by atoms with Crippen molar-refractivity contribution in [3.05, 3.63) is 96.0 Å². The minimum absolute atomic E-state index is 0.00809. The first-order valence-corrected chi connectivity index (χ1v) is 18.6. The molecule has 2 aliphatic rings. The lowest BCUT2D eigenvalue weighted by Gasteiger charge is -2.31. The molecule has 4 aromatic rings. The highest BCUT2D eigenvalue weighted by Gasteiger charge is 2.44. The molecule has 0 aliphatic carbocycles. The zero-order valence-corrected chi connectivity index (χ0v) is 29.5. The maximum atomic E-state index is 14.3. The number of aromatic nitrogens is 1. The van der Waals surface area contributed by atoms with E-state index in [9.17, 15) is 23.1 Å². The van der Waals surface area contributed by atoms with Gasteiger partial charge < -0.3 is 34.4 Å². The minimum atomic E-state index is -4.15. The molecule has 0 spiro atoms. The van der Waals surface area contributed by atoms with E-state index in [1.54, 1.807) is 24.5 Å². The van der Waals surface area contributed by atoms with Gasteiger partial charge in [-0.15, -0.1) is 0 Å². The first-order valence-electron chi connectivity index (χ1n) is 17.1. The van der Waals surface area contributed by atoms with E-state index in [2.05, 4.69) is 15.6 Å². The molecule has 3 N–H and O–H groups in total. The zero-order chi connectivity index (χ0) is 36.0. The number of amides is 2. The molecule has 2 aliphatic heterocycles. The van der Waals surface area contributed by atoms with Crippen LogP contribution in [0.15, 0.2) is 88.6 Å². The Morgan fingerprint density at radius 3 is 2.63 bits per heavy atom. The SMILES string of the molecule is CC(C)CN(C[C@@H](O)[C@H](Cc1ccccc1)NC(=O)OC1CO[C@H]2OCC[C@@H]12)S(=O)(=O)c1ccc2occ(CNC(=O)Cc3cccnc3)c2c1. The fourth-order valence-corrected chi connectivity index (χ4v) is 8.14. The summed E-state index contributed by atoms with van der Waals surface area (Å²) in [5.41, 5.74) is 2.70. The number of fused-ring (bicyclic) bond motifs is 2. The topological polar surface area (TPSA) is 170 Å². The first kappa shape index (κ1) is 36.5. The summed E-state index contributed by atoms with van der Waals surface area (Å²) in [6, 6.07) is 16.6. The normalized spacial score (nSPS) is 20.0. The van der Waals surface area contributed by atoms with Crippen LogP contribution in [0.3, 0.4) is 0 Å². The van der Waals surface area contributed by atoms with Crippen LogP contribution in [0.2, 0.25) is 0 Å². The fraction of sp³-hybridized carbons (Fsp3) is 0.432. The molecule has 1 unspecified atom stereocenters. The molecule has 2 saturated heterocycles. The smallest absolute Gasteiger partial charge is 0.407 e. The molecule has 2 aromatic heterocycles. The molecule has 272 valence electrons. The van der Waals surface area contributed by atoms with Gasteiger partial charge in [-0.3, -0.25) is 9.78 Å². The lowest BCUT2D eigenvalue weighted by atomic mass is 10.0. The van der Waals surface area contributed by atoms with E-state index in [0.717, 1.165) is 11.1 Å². The van der Waals surface area contributed by atoms with Crippen LogP contribution < -0.4 is 10.6 Å². The number of furan rings is 1. The van der Waals surface area contributed by atoms with Crippen molar-refractivity contribution in [2.24, 2.45) is 11.8 Å². The van der Waals surface area contributed by atoms with E-state index in [0.29, 0.717) is 29.6 Å². The van der Waals surface area contributed by atoms with E-state index in [1.807, 2.05) is 50.2 Å². The predicted octanol–water partition coefficient (Wildman–Crippen LogP) is 3.79. The predicted molar refractivity (Wildman–Crippen MR) is 187 cm³/mol. The second kappa shape index (κ2) is 16.3. The van der Waals surface area contributed by atoms with E-state index in [1.165, 1.54) is 22.7 Å². The van der Waals surface area contributed by atoms with Gasteiger partial charge >= 0.3 is 6.09 Å². The lowest BCUT2D eigenvalue weighted by Crippen LogP contribution is -2.51. The third-order valence-electron chi connectivity index (χ3n) is 9.10. The Balaban J connectivity index is 1.18. The van der Waals surface area contributed by atoms with Crippen LogP contribution in [-0.4, -0.2) is 85.7 Å². The van der Waals surface area contributed by atoms with Crippen LogP contribution in [0.5, 0.6) is 0 Å². The van der Waals surface area contributed by atoms with Gasteiger partial charge in [-0.25, -0.2) is 13.2 Å². The molecule has 0 radical (unpaired) electrons. The molecule has 2 amide bonds. The molecule has 0 saturated carbocycles. The Morgan fingerprint density at radius 1 is 1.06 bits per heavy atom. The Morgan fingerprint density at radius 2 is 1.86 bits per heavy atom. The number of sulfonamides is 1. The number of aliphatic hydroxyl groups excluding tert-OH is 1. The number of alkyl carbamates (subject to hydrolysis) is 1. The average molecular weight is 721 g/mol. The van der Waals surface area contributed by atoms with Gasteiger partial charge in [-0.2, -0.15) is 4.31 Å². The number of carbonyl (C=O) groups excluding carboxylic acids is 2. The highest BCUT2D eigenvalue weighted by atomic mass is 32.2. The maximum absolute atomic E-state index is 14.3. The first-order chi connectivity index (χ1) is 24.6. The van der Waals surface area contributed by atoms with Crippen molar-refractivity contribution in [3.63, 3.8) is 0 Å². The van der Waals surface area contributed by atoms with Crippen LogP contribution in [-0.2, 0) is 48.4 Å². The van der Waals surface area contributed by atoms with Crippen molar-refractivity contribution in [2.45, 2.75) is 69.1 Å². The maximum Gasteiger partial charge on any atom is 0.407 e. The third-order valence-corrected chi connectivity index (χ3v) is 10.9. The summed E-state index contributed by atoms with van der Waals surface area (Å²) in [6.07, 6.45) is 2.97. The van der Waals surface area contributed by atoms with E-state index >= 15 is 0 Å². The summed E-state index contributed by atoms with van der Waals surface area (Å²) in [5.74, 6) is -0.352. The summed E-state index contributed by atoms with van der Waals surface area (Å²) in [7, 11) is -4.15. The van der Waals surface area contributed by atoms with Crippen LogP contribution in [0.1, 0.15) is 37.0 Å². The van der Waals surface area contributed by atoms with Crippen molar-refractivity contribution < 1.29 is 41.7 Å². The molecule has 0 bridgehead atoms. The quantitative estimate of drug-likeness (QED) is 0.164. The minimum Gasteiger partial charge on any atom is -0.464 e. The molecule has 6 rings (SSSR count). The molecule has 4 heterocycles. The molecular weight excluding hydrogens is 676 g/mol. The van der Waals surface area contributed by atoms with Gasteiger partial charge in [0.05, 0.1) is 48.9 Å². The van der Waals surface area contributed by atoms with Crippen LogP contribution >= 0.6 is 0 Å². The van der Waals surface area contributed by atoms with Gasteiger partial charge in [-0.05, 0) is 54.2 Å². The van der Waals surface area contributed by atoms with Gasteiger partial charge in [0.15, 0.2) is 6.29 Å². The summed E-state index contributed by atoms with van der Waals surface area (Å²) < 4.78 is 52.3. The van der Waals surface area contributed by atoms with Crippen LogP contribution in [0.4, 0.5) is 4.79 Å². The van der Waals surface area contributed by atoms with Crippen LogP contribution in [0.25, 0.3) is 11.0 Å². The molecule has 14 heteroatoms. The van der Waals surface area contributed by atoms with Gasteiger partial charge in [0.1, 0.15) is 11.7 Å². The summed E-state index contributed by atoms with van der Waals surface area (Å²) in [4.78, 5) is 29.8. The van der Waals surface area contributed by atoms with Crippen molar-refractivity contribution >= 4 is 33.0 Å². The molecule has 51 heavy (non-hydrogen) atoms. The van der Waals surface area contributed by atoms with Gasteiger partial charge in [0.2, 0.25) is 15.9 Å². The fourth-order valence-electron chi connectivity index (χ4n) is 6.49. The molecule has 13 nitrogen and oxygen atoms in total. The number of hydrogen-bond acceptors (Lipinski definition) is 10. The Bertz CT molecular complexity index is 1890. The number of nitrogens with zero attached hydrogens (tertiary/aromatic N) is 2. The highest BCUT2D eigenvalue weighted by molar-refractivity contribution is 7.89. The third kappa shape index (κ3) is 9.13. The summed E-state index contributed by atoms with van der Waals surface area (Å²) in [6.45, 7) is 4.49. The Labute approximate surface area is 297 Å². The summed E-state index contributed by atoms with van der Waals surface area (Å²) >= 11 is 0. The number of ether oxygens (including phenoxy) is 3.